The van der Waals surface area contributed by atoms with Gasteiger partial charge in [0.2, 0.25) is 0 Å². The summed E-state index contributed by atoms with van der Waals surface area (Å²) in [5.41, 5.74) is 0. The number of hydrogen-bond donors (Lipinski definition) is 1. The van der Waals surface area contributed by atoms with E-state index in [-0.39, 0.29) is 0 Å². The van der Waals surface area contributed by atoms with Crippen LogP contribution in [0.5, 0.6) is 0 Å². The largest absolute Gasteiger partial charge is 0.380 e. The molecule has 0 radical (unpaired) electrons. The molecule has 0 aliphatic carbocycles. The highest BCUT2D eigenvalue weighted by atomic mass is 16.5. The maximum Gasteiger partial charge on any atom is 0.0590 e. The van der Waals surface area contributed by atoms with Crippen molar-refractivity contribution in [2.45, 2.75) is 46.5 Å². The lowest BCUT2D eigenvalue weighted by molar-refractivity contribution is 0.129. The van der Waals surface area contributed by atoms with E-state index in [2.05, 4.69) is 26.1 Å². The summed E-state index contributed by atoms with van der Waals surface area (Å²) in [6.07, 6.45) is 5.02. The van der Waals surface area contributed by atoms with Crippen molar-refractivity contribution in [3.05, 3.63) is 0 Å². The van der Waals surface area contributed by atoms with E-state index in [1.165, 1.54) is 25.7 Å². The summed E-state index contributed by atoms with van der Waals surface area (Å²) >= 11 is 0. The van der Waals surface area contributed by atoms with Crippen LogP contribution in [0.3, 0.4) is 0 Å². The third-order valence-electron chi connectivity index (χ3n) is 2.20. The second kappa shape index (κ2) is 11.0. The molecule has 0 atom stereocenters. The molecule has 0 spiro atoms. The smallest absolute Gasteiger partial charge is 0.0590 e. The van der Waals surface area contributed by atoms with Gasteiger partial charge in [-0.1, -0.05) is 27.2 Å². The Labute approximate surface area is 89.4 Å². The second-order valence-corrected chi connectivity index (χ2v) is 4.25. The average molecular weight is 201 g/mol. The lowest BCUT2D eigenvalue weighted by Gasteiger charge is -2.06. The van der Waals surface area contributed by atoms with Gasteiger partial charge < -0.3 is 10.1 Å². The summed E-state index contributed by atoms with van der Waals surface area (Å²) in [6.45, 7) is 10.6. The maximum atomic E-state index is 5.50. The third kappa shape index (κ3) is 11.9. The van der Waals surface area contributed by atoms with Gasteiger partial charge in [-0.05, 0) is 31.7 Å². The Kier molecular flexibility index (Phi) is 10.9. The normalized spacial score (nSPS) is 11.1. The molecule has 0 aromatic heterocycles. The minimum absolute atomic E-state index is 0.807. The van der Waals surface area contributed by atoms with Crippen molar-refractivity contribution in [3.63, 3.8) is 0 Å². The Bertz CT molecular complexity index is 104. The molecular weight excluding hydrogens is 174 g/mol. The van der Waals surface area contributed by atoms with E-state index < -0.39 is 0 Å². The van der Waals surface area contributed by atoms with E-state index in [0.717, 1.165) is 32.2 Å². The zero-order valence-corrected chi connectivity index (χ0v) is 10.1. The Morgan fingerprint density at radius 2 is 1.86 bits per heavy atom. The first-order chi connectivity index (χ1) is 6.77. The second-order valence-electron chi connectivity index (χ2n) is 4.25. The molecule has 1 N–H and O–H groups in total. The summed E-state index contributed by atoms with van der Waals surface area (Å²) in [5.74, 6) is 0.807. The zero-order valence-electron chi connectivity index (χ0n) is 10.1. The van der Waals surface area contributed by atoms with Crippen molar-refractivity contribution in [2.75, 3.05) is 26.3 Å². The van der Waals surface area contributed by atoms with Crippen LogP contribution in [0, 0.1) is 5.92 Å². The first kappa shape index (κ1) is 13.9. The van der Waals surface area contributed by atoms with Crippen LogP contribution in [-0.2, 0) is 4.74 Å². The fraction of sp³-hybridized carbons (Fsp3) is 1.00. The van der Waals surface area contributed by atoms with E-state index in [1.54, 1.807) is 0 Å². The van der Waals surface area contributed by atoms with Crippen LogP contribution in [-0.4, -0.2) is 26.3 Å². The summed E-state index contributed by atoms with van der Waals surface area (Å²) in [5, 5.41) is 3.36. The van der Waals surface area contributed by atoms with Crippen LogP contribution < -0.4 is 5.32 Å². The summed E-state index contributed by atoms with van der Waals surface area (Å²) < 4.78 is 5.50. The first-order valence-electron chi connectivity index (χ1n) is 6.05. The standard InChI is InChI=1S/C12H27NO/c1-4-5-8-13-9-11-14-10-6-7-12(2)3/h12-13H,4-11H2,1-3H3. The van der Waals surface area contributed by atoms with Crippen LogP contribution in [0.2, 0.25) is 0 Å². The molecule has 2 heteroatoms. The molecule has 0 fully saturated rings. The number of hydrogen-bond acceptors (Lipinski definition) is 2. The highest BCUT2D eigenvalue weighted by Gasteiger charge is 1.93. The average Bonchev–Trinajstić information content (AvgIpc) is 2.15. The lowest BCUT2D eigenvalue weighted by Crippen LogP contribution is -2.20. The van der Waals surface area contributed by atoms with Crippen molar-refractivity contribution in [3.8, 4) is 0 Å². The van der Waals surface area contributed by atoms with Crippen molar-refractivity contribution >= 4 is 0 Å². The minimum atomic E-state index is 0.807. The number of nitrogens with one attached hydrogen (secondary N) is 1. The predicted octanol–water partition coefficient (Wildman–Crippen LogP) is 2.83. The van der Waals surface area contributed by atoms with Crippen LogP contribution >= 0.6 is 0 Å². The molecule has 0 heterocycles. The SMILES string of the molecule is CCCCNCCOCCCC(C)C. The van der Waals surface area contributed by atoms with Crippen molar-refractivity contribution in [1.82, 2.24) is 5.32 Å². The fourth-order valence-corrected chi connectivity index (χ4v) is 1.27. The molecule has 2 nitrogen and oxygen atoms in total. The van der Waals surface area contributed by atoms with E-state index in [4.69, 9.17) is 4.74 Å². The van der Waals surface area contributed by atoms with Crippen LogP contribution in [0.4, 0.5) is 0 Å². The number of ether oxygens (including phenoxy) is 1. The quantitative estimate of drug-likeness (QED) is 0.549. The Morgan fingerprint density at radius 3 is 2.50 bits per heavy atom. The van der Waals surface area contributed by atoms with Gasteiger partial charge in [-0.3, -0.25) is 0 Å². The molecule has 0 amide bonds. The van der Waals surface area contributed by atoms with E-state index in [0.29, 0.717) is 0 Å². The molecule has 0 aromatic carbocycles. The molecule has 0 saturated carbocycles. The Hall–Kier alpha value is -0.0800. The van der Waals surface area contributed by atoms with E-state index in [9.17, 15) is 0 Å². The third-order valence-corrected chi connectivity index (χ3v) is 2.20. The van der Waals surface area contributed by atoms with Gasteiger partial charge in [-0.25, -0.2) is 0 Å². The summed E-state index contributed by atoms with van der Waals surface area (Å²) in [6, 6.07) is 0. The highest BCUT2D eigenvalue weighted by molar-refractivity contribution is 4.47. The molecular formula is C12H27NO. The molecule has 86 valence electrons. The Morgan fingerprint density at radius 1 is 1.07 bits per heavy atom. The fourth-order valence-electron chi connectivity index (χ4n) is 1.27. The van der Waals surface area contributed by atoms with Crippen LogP contribution in [0.1, 0.15) is 46.5 Å². The van der Waals surface area contributed by atoms with Gasteiger partial charge in [0.15, 0.2) is 0 Å². The molecule has 0 saturated heterocycles. The number of rotatable bonds is 10. The number of unbranched alkanes of at least 4 members (excludes halogenated alkanes) is 1. The van der Waals surface area contributed by atoms with Crippen LogP contribution in [0.25, 0.3) is 0 Å². The minimum Gasteiger partial charge on any atom is -0.380 e. The lowest BCUT2D eigenvalue weighted by atomic mass is 10.1. The van der Waals surface area contributed by atoms with Gasteiger partial charge in [-0.2, -0.15) is 0 Å². The molecule has 0 rings (SSSR count). The van der Waals surface area contributed by atoms with E-state index in [1.807, 2.05) is 0 Å². The van der Waals surface area contributed by atoms with Crippen molar-refractivity contribution in [2.24, 2.45) is 5.92 Å². The van der Waals surface area contributed by atoms with Crippen LogP contribution in [0.15, 0.2) is 0 Å². The van der Waals surface area contributed by atoms with E-state index >= 15 is 0 Å². The molecule has 0 bridgehead atoms. The van der Waals surface area contributed by atoms with Gasteiger partial charge in [0.05, 0.1) is 6.61 Å². The topological polar surface area (TPSA) is 21.3 Å². The molecule has 0 unspecified atom stereocenters. The van der Waals surface area contributed by atoms with Gasteiger partial charge in [0.1, 0.15) is 0 Å². The van der Waals surface area contributed by atoms with Crippen molar-refractivity contribution < 1.29 is 4.74 Å². The summed E-state index contributed by atoms with van der Waals surface area (Å²) in [4.78, 5) is 0. The molecule has 14 heavy (non-hydrogen) atoms. The molecule has 0 aliphatic rings. The summed E-state index contributed by atoms with van der Waals surface area (Å²) in [7, 11) is 0. The predicted molar refractivity (Wildman–Crippen MR) is 62.7 cm³/mol. The van der Waals surface area contributed by atoms with Gasteiger partial charge >= 0.3 is 0 Å². The Balaban J connectivity index is 2.85. The highest BCUT2D eigenvalue weighted by Crippen LogP contribution is 2.02. The monoisotopic (exact) mass is 201 g/mol. The zero-order chi connectivity index (χ0) is 10.6. The first-order valence-corrected chi connectivity index (χ1v) is 6.05. The van der Waals surface area contributed by atoms with Gasteiger partial charge in [0.25, 0.3) is 0 Å². The van der Waals surface area contributed by atoms with Gasteiger partial charge in [-0.15, -0.1) is 0 Å². The molecule has 0 aliphatic heterocycles. The molecule has 0 aromatic rings. The maximum absolute atomic E-state index is 5.50. The van der Waals surface area contributed by atoms with Crippen molar-refractivity contribution in [1.29, 1.82) is 0 Å². The van der Waals surface area contributed by atoms with Gasteiger partial charge in [0, 0.05) is 13.2 Å².